The number of hydrogen-bond acceptors (Lipinski definition) is 2. The average molecular weight is 235 g/mol. The van der Waals surface area contributed by atoms with Gasteiger partial charge in [0.05, 0.1) is 0 Å². The summed E-state index contributed by atoms with van der Waals surface area (Å²) in [7, 11) is 0. The van der Waals surface area contributed by atoms with E-state index in [0.29, 0.717) is 5.25 Å². The van der Waals surface area contributed by atoms with Crippen LogP contribution in [-0.4, -0.2) is 18.8 Å². The standard InChI is InChI=1S/C14H21NS/c1-9-7-10(2)12(4)14(11(9)3)13-8-15-5-6-16-13/h7,13,15H,5-6,8H2,1-4H3. The lowest BCUT2D eigenvalue weighted by atomic mass is 9.92. The Morgan fingerprint density at radius 1 is 1.12 bits per heavy atom. The van der Waals surface area contributed by atoms with Crippen LogP contribution in [-0.2, 0) is 0 Å². The largest absolute Gasteiger partial charge is 0.314 e. The van der Waals surface area contributed by atoms with E-state index < -0.39 is 0 Å². The second-order valence-corrected chi connectivity index (χ2v) is 6.05. The van der Waals surface area contributed by atoms with E-state index in [-0.39, 0.29) is 0 Å². The van der Waals surface area contributed by atoms with Crippen molar-refractivity contribution in [3.8, 4) is 0 Å². The van der Waals surface area contributed by atoms with Gasteiger partial charge in [-0.3, -0.25) is 0 Å². The lowest BCUT2D eigenvalue weighted by molar-refractivity contribution is 0.685. The molecule has 0 spiro atoms. The molecule has 1 fully saturated rings. The summed E-state index contributed by atoms with van der Waals surface area (Å²) in [4.78, 5) is 0. The summed E-state index contributed by atoms with van der Waals surface area (Å²) >= 11 is 2.10. The quantitative estimate of drug-likeness (QED) is 0.801. The first kappa shape index (κ1) is 12.0. The Morgan fingerprint density at radius 3 is 2.25 bits per heavy atom. The van der Waals surface area contributed by atoms with Gasteiger partial charge in [0.2, 0.25) is 0 Å². The van der Waals surface area contributed by atoms with Crippen LogP contribution in [0.2, 0.25) is 0 Å². The Balaban J connectivity index is 2.45. The Kier molecular flexibility index (Phi) is 3.60. The molecule has 0 bridgehead atoms. The van der Waals surface area contributed by atoms with Crippen molar-refractivity contribution in [2.24, 2.45) is 0 Å². The lowest BCUT2D eigenvalue weighted by Crippen LogP contribution is -2.29. The minimum Gasteiger partial charge on any atom is -0.314 e. The summed E-state index contributed by atoms with van der Waals surface area (Å²) < 4.78 is 0. The lowest BCUT2D eigenvalue weighted by Gasteiger charge is -2.27. The van der Waals surface area contributed by atoms with E-state index in [1.54, 1.807) is 5.56 Å². The van der Waals surface area contributed by atoms with E-state index in [1.165, 1.54) is 28.0 Å². The monoisotopic (exact) mass is 235 g/mol. The predicted octanol–water partition coefficient (Wildman–Crippen LogP) is 3.30. The van der Waals surface area contributed by atoms with Gasteiger partial charge in [0.1, 0.15) is 0 Å². The molecule has 1 nitrogen and oxygen atoms in total. The van der Waals surface area contributed by atoms with E-state index in [1.807, 2.05) is 0 Å². The summed E-state index contributed by atoms with van der Waals surface area (Å²) in [5, 5.41) is 4.15. The third-order valence-electron chi connectivity index (χ3n) is 3.67. The van der Waals surface area contributed by atoms with Crippen LogP contribution in [0, 0.1) is 27.7 Å². The summed E-state index contributed by atoms with van der Waals surface area (Å²) in [6, 6.07) is 2.31. The smallest absolute Gasteiger partial charge is 0.0427 e. The number of rotatable bonds is 1. The first-order chi connectivity index (χ1) is 7.61. The highest BCUT2D eigenvalue weighted by Gasteiger charge is 2.20. The Morgan fingerprint density at radius 2 is 1.75 bits per heavy atom. The number of benzene rings is 1. The molecule has 2 rings (SSSR count). The van der Waals surface area contributed by atoms with Gasteiger partial charge in [-0.05, 0) is 55.5 Å². The first-order valence-corrected chi connectivity index (χ1v) is 7.05. The van der Waals surface area contributed by atoms with E-state index in [0.717, 1.165) is 13.1 Å². The van der Waals surface area contributed by atoms with Crippen molar-refractivity contribution in [3.63, 3.8) is 0 Å². The molecule has 1 aliphatic heterocycles. The van der Waals surface area contributed by atoms with Crippen LogP contribution < -0.4 is 5.32 Å². The van der Waals surface area contributed by atoms with Crippen LogP contribution >= 0.6 is 11.8 Å². The molecule has 1 aliphatic rings. The zero-order valence-corrected chi connectivity index (χ0v) is 11.5. The molecule has 2 heteroatoms. The van der Waals surface area contributed by atoms with Gasteiger partial charge >= 0.3 is 0 Å². The van der Waals surface area contributed by atoms with E-state index in [4.69, 9.17) is 0 Å². The van der Waals surface area contributed by atoms with Gasteiger partial charge in [0, 0.05) is 24.1 Å². The van der Waals surface area contributed by atoms with E-state index >= 15 is 0 Å². The summed E-state index contributed by atoms with van der Waals surface area (Å²) in [5.41, 5.74) is 7.43. The maximum atomic E-state index is 3.51. The molecule has 0 aliphatic carbocycles. The maximum absolute atomic E-state index is 3.51. The second-order valence-electron chi connectivity index (χ2n) is 4.74. The molecule has 1 atom stereocenters. The maximum Gasteiger partial charge on any atom is 0.0427 e. The van der Waals surface area contributed by atoms with Crippen molar-refractivity contribution in [1.82, 2.24) is 5.32 Å². The third kappa shape index (κ3) is 2.14. The van der Waals surface area contributed by atoms with Crippen LogP contribution in [0.5, 0.6) is 0 Å². The zero-order chi connectivity index (χ0) is 11.7. The molecule has 1 unspecified atom stereocenters. The van der Waals surface area contributed by atoms with Crippen molar-refractivity contribution < 1.29 is 0 Å². The number of nitrogens with one attached hydrogen (secondary N) is 1. The van der Waals surface area contributed by atoms with Crippen molar-refractivity contribution in [3.05, 3.63) is 33.9 Å². The van der Waals surface area contributed by atoms with Gasteiger partial charge in [-0.25, -0.2) is 0 Å². The van der Waals surface area contributed by atoms with Gasteiger partial charge in [0.25, 0.3) is 0 Å². The number of hydrogen-bond donors (Lipinski definition) is 1. The minimum atomic E-state index is 0.646. The van der Waals surface area contributed by atoms with Crippen LogP contribution in [0.1, 0.15) is 33.1 Å². The molecule has 0 saturated carbocycles. The van der Waals surface area contributed by atoms with Crippen molar-refractivity contribution in [2.45, 2.75) is 32.9 Å². The summed E-state index contributed by atoms with van der Waals surface area (Å²) in [6.45, 7) is 11.3. The first-order valence-electron chi connectivity index (χ1n) is 6.01. The van der Waals surface area contributed by atoms with Gasteiger partial charge in [-0.2, -0.15) is 11.8 Å². The molecule has 1 aromatic rings. The predicted molar refractivity (Wildman–Crippen MR) is 73.5 cm³/mol. The fourth-order valence-electron chi connectivity index (χ4n) is 2.48. The van der Waals surface area contributed by atoms with Crippen molar-refractivity contribution in [1.29, 1.82) is 0 Å². The Labute approximate surface area is 103 Å². The SMILES string of the molecule is Cc1cc(C)c(C)c(C2CNCCS2)c1C. The molecule has 16 heavy (non-hydrogen) atoms. The highest BCUT2D eigenvalue weighted by atomic mass is 32.2. The highest BCUT2D eigenvalue weighted by Crippen LogP contribution is 2.36. The molecule has 1 N–H and O–H groups in total. The molecule has 1 aromatic carbocycles. The molecule has 1 saturated heterocycles. The molecular weight excluding hydrogens is 214 g/mol. The fraction of sp³-hybridized carbons (Fsp3) is 0.571. The van der Waals surface area contributed by atoms with Gasteiger partial charge in [-0.1, -0.05) is 6.07 Å². The van der Waals surface area contributed by atoms with Crippen molar-refractivity contribution >= 4 is 11.8 Å². The molecule has 1 heterocycles. The molecule has 0 radical (unpaired) electrons. The topological polar surface area (TPSA) is 12.0 Å². The van der Waals surface area contributed by atoms with E-state index in [2.05, 4.69) is 50.8 Å². The van der Waals surface area contributed by atoms with Crippen LogP contribution in [0.3, 0.4) is 0 Å². The van der Waals surface area contributed by atoms with Crippen LogP contribution in [0.4, 0.5) is 0 Å². The molecular formula is C14H21NS. The zero-order valence-electron chi connectivity index (χ0n) is 10.7. The normalized spacial score (nSPS) is 21.1. The summed E-state index contributed by atoms with van der Waals surface area (Å²) in [5.74, 6) is 1.23. The van der Waals surface area contributed by atoms with Gasteiger partial charge in [-0.15, -0.1) is 0 Å². The molecule has 0 aromatic heterocycles. The van der Waals surface area contributed by atoms with Gasteiger partial charge in [0.15, 0.2) is 0 Å². The Bertz CT molecular complexity index is 366. The molecule has 0 amide bonds. The van der Waals surface area contributed by atoms with Crippen LogP contribution in [0.15, 0.2) is 6.07 Å². The van der Waals surface area contributed by atoms with Gasteiger partial charge < -0.3 is 5.32 Å². The minimum absolute atomic E-state index is 0.646. The highest BCUT2D eigenvalue weighted by molar-refractivity contribution is 7.99. The average Bonchev–Trinajstić information content (AvgIpc) is 2.28. The van der Waals surface area contributed by atoms with E-state index in [9.17, 15) is 0 Å². The second kappa shape index (κ2) is 4.80. The fourth-order valence-corrected chi connectivity index (χ4v) is 3.78. The molecule has 88 valence electrons. The van der Waals surface area contributed by atoms with Crippen LogP contribution in [0.25, 0.3) is 0 Å². The number of thioether (sulfide) groups is 1. The Hall–Kier alpha value is -0.470. The van der Waals surface area contributed by atoms with Crippen molar-refractivity contribution in [2.75, 3.05) is 18.8 Å². The summed E-state index contributed by atoms with van der Waals surface area (Å²) in [6.07, 6.45) is 0. The third-order valence-corrected chi connectivity index (χ3v) is 4.92. The number of aryl methyl sites for hydroxylation is 2.